The number of nitrogens with zero attached hydrogens (tertiary/aromatic N) is 4. The molecule has 2 amide bonds. The molecule has 2 aliphatic heterocycles. The molecule has 0 bridgehead atoms. The van der Waals surface area contributed by atoms with Gasteiger partial charge in [0.25, 0.3) is 0 Å². The first kappa shape index (κ1) is 25.8. The van der Waals surface area contributed by atoms with Crippen LogP contribution in [0.1, 0.15) is 35.6 Å². The van der Waals surface area contributed by atoms with Crippen LogP contribution in [0.25, 0.3) is 11.0 Å². The zero-order chi connectivity index (χ0) is 27.5. The molecule has 10 nitrogen and oxygen atoms in total. The molecule has 10 heteroatoms. The number of rotatable bonds is 9. The Morgan fingerprint density at radius 1 is 1.07 bits per heavy atom. The quantitative estimate of drug-likeness (QED) is 0.345. The van der Waals surface area contributed by atoms with Crippen LogP contribution >= 0.6 is 0 Å². The highest BCUT2D eigenvalue weighted by Gasteiger charge is 2.33. The van der Waals surface area contributed by atoms with E-state index in [0.29, 0.717) is 35.7 Å². The van der Waals surface area contributed by atoms with Crippen molar-refractivity contribution in [2.24, 2.45) is 0 Å². The highest BCUT2D eigenvalue weighted by atomic mass is 16.7. The zero-order valence-electron chi connectivity index (χ0n) is 22.3. The lowest BCUT2D eigenvalue weighted by atomic mass is 10.0. The number of hydrogen-bond donors (Lipinski definition) is 1. The number of para-hydroxylation sites is 1. The summed E-state index contributed by atoms with van der Waals surface area (Å²) in [5, 5.41) is 11.5. The lowest BCUT2D eigenvalue weighted by Crippen LogP contribution is -2.46. The lowest BCUT2D eigenvalue weighted by molar-refractivity contribution is -0.142. The number of carbonyl (C=O) groups is 2. The van der Waals surface area contributed by atoms with Gasteiger partial charge in [0.05, 0.1) is 11.6 Å². The van der Waals surface area contributed by atoms with Crippen molar-refractivity contribution >= 4 is 22.8 Å². The van der Waals surface area contributed by atoms with Crippen LogP contribution in [0.2, 0.25) is 0 Å². The van der Waals surface area contributed by atoms with Crippen molar-refractivity contribution < 1.29 is 23.8 Å². The fourth-order valence-electron chi connectivity index (χ4n) is 5.15. The van der Waals surface area contributed by atoms with Gasteiger partial charge in [0, 0.05) is 19.7 Å². The van der Waals surface area contributed by atoms with E-state index < -0.39 is 6.04 Å². The Kier molecular flexibility index (Phi) is 7.33. The van der Waals surface area contributed by atoms with E-state index >= 15 is 0 Å². The maximum Gasteiger partial charge on any atom is 0.247 e. The molecule has 40 heavy (non-hydrogen) atoms. The Labute approximate surface area is 231 Å². The second kappa shape index (κ2) is 11.4. The number of fused-ring (bicyclic) bond motifs is 2. The first-order valence-electron chi connectivity index (χ1n) is 13.5. The molecular formula is C30H31N5O5. The average molecular weight is 542 g/mol. The summed E-state index contributed by atoms with van der Waals surface area (Å²) in [5.41, 5.74) is 4.03. The normalized spacial score (nSPS) is 16.7. The summed E-state index contributed by atoms with van der Waals surface area (Å²) in [4.78, 5) is 29.6. The van der Waals surface area contributed by atoms with Crippen molar-refractivity contribution in [3.8, 4) is 11.5 Å². The van der Waals surface area contributed by atoms with Crippen molar-refractivity contribution in [3.05, 3.63) is 83.4 Å². The summed E-state index contributed by atoms with van der Waals surface area (Å²) in [7, 11) is 0. The predicted molar refractivity (Wildman–Crippen MR) is 147 cm³/mol. The van der Waals surface area contributed by atoms with Gasteiger partial charge in [-0.05, 0) is 55.2 Å². The van der Waals surface area contributed by atoms with Crippen LogP contribution in [0.4, 0.5) is 0 Å². The van der Waals surface area contributed by atoms with E-state index in [1.54, 1.807) is 9.58 Å². The minimum atomic E-state index is -0.880. The number of benzene rings is 3. The van der Waals surface area contributed by atoms with Crippen LogP contribution in [0.3, 0.4) is 0 Å². The molecule has 3 heterocycles. The predicted octanol–water partition coefficient (Wildman–Crippen LogP) is 3.53. The summed E-state index contributed by atoms with van der Waals surface area (Å²) in [6.07, 6.45) is 1.85. The van der Waals surface area contributed by atoms with Gasteiger partial charge in [-0.25, -0.2) is 4.68 Å². The topological polar surface area (TPSA) is 108 Å². The molecule has 2 aliphatic rings. The number of amides is 2. The molecule has 3 aromatic carbocycles. The van der Waals surface area contributed by atoms with Crippen LogP contribution in [-0.2, 0) is 27.4 Å². The molecule has 1 aromatic heterocycles. The van der Waals surface area contributed by atoms with Crippen molar-refractivity contribution in [1.82, 2.24) is 25.2 Å². The molecule has 0 radical (unpaired) electrons. The van der Waals surface area contributed by atoms with E-state index in [1.165, 1.54) is 0 Å². The third-order valence-corrected chi connectivity index (χ3v) is 7.30. The van der Waals surface area contributed by atoms with Crippen LogP contribution in [0, 0.1) is 6.92 Å². The van der Waals surface area contributed by atoms with Crippen molar-refractivity contribution in [2.75, 3.05) is 19.9 Å². The molecule has 4 aromatic rings. The second-order valence-corrected chi connectivity index (χ2v) is 10.1. The van der Waals surface area contributed by atoms with Gasteiger partial charge in [-0.15, -0.1) is 5.10 Å². The standard InChI is InChI=1S/C30H31N5O5/c1-20-8-11-22(12-9-20)29(30(37)31-16-23-5-4-14-38-23)34(17-21-10-13-26-27(15-21)40-19-39-26)28(36)18-35-25-7-3-2-6-24(25)32-33-35/h2-3,6-13,15,23,29H,4-5,14,16-19H2,1H3,(H,31,37). The Balaban J connectivity index is 1.35. The molecule has 2 unspecified atom stereocenters. The highest BCUT2D eigenvalue weighted by molar-refractivity contribution is 5.89. The SMILES string of the molecule is Cc1ccc(C(C(=O)NCC2CCCO2)N(Cc2ccc3c(c2)OCO3)C(=O)Cn2nnc3ccccc32)cc1. The van der Waals surface area contributed by atoms with Gasteiger partial charge < -0.3 is 24.4 Å². The summed E-state index contributed by atoms with van der Waals surface area (Å²) in [5.74, 6) is 0.727. The van der Waals surface area contributed by atoms with Gasteiger partial charge in [-0.3, -0.25) is 9.59 Å². The number of ether oxygens (including phenoxy) is 3. The first-order chi connectivity index (χ1) is 19.5. The van der Waals surface area contributed by atoms with E-state index in [1.807, 2.05) is 73.7 Å². The molecule has 1 N–H and O–H groups in total. The Bertz CT molecular complexity index is 1510. The molecule has 0 aliphatic carbocycles. The van der Waals surface area contributed by atoms with Crippen molar-refractivity contribution in [3.63, 3.8) is 0 Å². The summed E-state index contributed by atoms with van der Waals surface area (Å²) < 4.78 is 18.3. The Morgan fingerprint density at radius 3 is 2.73 bits per heavy atom. The van der Waals surface area contributed by atoms with E-state index in [-0.39, 0.29) is 37.8 Å². The smallest absolute Gasteiger partial charge is 0.247 e. The summed E-state index contributed by atoms with van der Waals surface area (Å²) >= 11 is 0. The van der Waals surface area contributed by atoms with Gasteiger partial charge in [0.2, 0.25) is 18.6 Å². The maximum atomic E-state index is 14.1. The number of hydrogen-bond acceptors (Lipinski definition) is 7. The minimum absolute atomic E-state index is 0.0258. The van der Waals surface area contributed by atoms with Gasteiger partial charge in [0.15, 0.2) is 11.5 Å². The molecule has 0 saturated carbocycles. The third kappa shape index (κ3) is 5.48. The zero-order valence-corrected chi connectivity index (χ0v) is 22.3. The highest BCUT2D eigenvalue weighted by Crippen LogP contribution is 2.34. The molecule has 6 rings (SSSR count). The average Bonchev–Trinajstić information content (AvgIpc) is 3.74. The molecule has 2 atom stereocenters. The Hall–Kier alpha value is -4.44. The Morgan fingerprint density at radius 2 is 1.90 bits per heavy atom. The maximum absolute atomic E-state index is 14.1. The molecule has 1 fully saturated rings. The van der Waals surface area contributed by atoms with E-state index in [0.717, 1.165) is 29.5 Å². The molecule has 0 spiro atoms. The van der Waals surface area contributed by atoms with Crippen LogP contribution in [0.15, 0.2) is 66.7 Å². The molecule has 1 saturated heterocycles. The van der Waals surface area contributed by atoms with Crippen LogP contribution < -0.4 is 14.8 Å². The van der Waals surface area contributed by atoms with Crippen molar-refractivity contribution in [1.29, 1.82) is 0 Å². The van der Waals surface area contributed by atoms with E-state index in [2.05, 4.69) is 15.6 Å². The van der Waals surface area contributed by atoms with Gasteiger partial charge >= 0.3 is 0 Å². The van der Waals surface area contributed by atoms with Gasteiger partial charge in [-0.1, -0.05) is 53.2 Å². The fourth-order valence-corrected chi connectivity index (χ4v) is 5.15. The number of nitrogens with one attached hydrogen (secondary N) is 1. The minimum Gasteiger partial charge on any atom is -0.454 e. The summed E-state index contributed by atoms with van der Waals surface area (Å²) in [6.45, 7) is 3.32. The third-order valence-electron chi connectivity index (χ3n) is 7.30. The second-order valence-electron chi connectivity index (χ2n) is 10.1. The van der Waals surface area contributed by atoms with Crippen LogP contribution in [0.5, 0.6) is 11.5 Å². The number of carbonyl (C=O) groups excluding carboxylic acids is 2. The number of aromatic nitrogens is 3. The monoisotopic (exact) mass is 541 g/mol. The fraction of sp³-hybridized carbons (Fsp3) is 0.333. The van der Waals surface area contributed by atoms with Gasteiger partial charge in [-0.2, -0.15) is 0 Å². The van der Waals surface area contributed by atoms with Crippen molar-refractivity contribution in [2.45, 2.75) is 45.0 Å². The lowest BCUT2D eigenvalue weighted by Gasteiger charge is -2.32. The van der Waals surface area contributed by atoms with Crippen LogP contribution in [-0.4, -0.2) is 57.8 Å². The van der Waals surface area contributed by atoms with E-state index in [4.69, 9.17) is 14.2 Å². The first-order valence-corrected chi connectivity index (χ1v) is 13.5. The van der Waals surface area contributed by atoms with E-state index in [9.17, 15) is 9.59 Å². The largest absolute Gasteiger partial charge is 0.454 e. The molecular weight excluding hydrogens is 510 g/mol. The summed E-state index contributed by atoms with van der Waals surface area (Å²) in [6, 6.07) is 19.8. The van der Waals surface area contributed by atoms with Gasteiger partial charge in [0.1, 0.15) is 18.1 Å². The molecule has 206 valence electrons. The number of aryl methyl sites for hydroxylation is 1.